The molecule has 0 aliphatic rings. The average molecular weight is 321 g/mol. The zero-order valence-corrected chi connectivity index (χ0v) is 14.7. The van der Waals surface area contributed by atoms with Gasteiger partial charge in [-0.1, -0.05) is 47.7 Å². The number of hydrogen-bond acceptors (Lipinski definition) is 1. The summed E-state index contributed by atoms with van der Waals surface area (Å²) in [6.07, 6.45) is 0. The molecule has 0 N–H and O–H groups in total. The maximum absolute atomic E-state index is 9.07. The van der Waals surface area contributed by atoms with Gasteiger partial charge in [-0.3, -0.25) is 0 Å². The minimum atomic E-state index is 0.724. The number of nitriles is 1. The highest BCUT2D eigenvalue weighted by molar-refractivity contribution is 5.70. The molecule has 0 spiro atoms. The molecule has 0 radical (unpaired) electrons. The van der Waals surface area contributed by atoms with Gasteiger partial charge in [0, 0.05) is 11.1 Å². The third kappa shape index (κ3) is 3.79. The van der Waals surface area contributed by atoms with Crippen LogP contribution in [0.15, 0.2) is 60.7 Å². The predicted octanol–water partition coefficient (Wildman–Crippen LogP) is 5.55. The molecule has 0 saturated heterocycles. The number of rotatable bonds is 1. The van der Waals surface area contributed by atoms with Crippen molar-refractivity contribution in [2.24, 2.45) is 0 Å². The van der Waals surface area contributed by atoms with Gasteiger partial charge in [0.05, 0.1) is 11.6 Å². The highest BCUT2D eigenvalue weighted by Crippen LogP contribution is 2.26. The van der Waals surface area contributed by atoms with Gasteiger partial charge in [0.2, 0.25) is 0 Å². The van der Waals surface area contributed by atoms with Crippen molar-refractivity contribution in [3.63, 3.8) is 0 Å². The maximum Gasteiger partial charge on any atom is 0.0994 e. The lowest BCUT2D eigenvalue weighted by atomic mass is 9.96. The smallest absolute Gasteiger partial charge is 0.0994 e. The molecule has 0 atom stereocenters. The molecule has 1 heteroatoms. The highest BCUT2D eigenvalue weighted by atomic mass is 14.2. The number of hydrogen-bond donors (Lipinski definition) is 0. The van der Waals surface area contributed by atoms with Crippen molar-refractivity contribution in [3.8, 4) is 29.0 Å². The minimum Gasteiger partial charge on any atom is -0.192 e. The summed E-state index contributed by atoms with van der Waals surface area (Å²) >= 11 is 0. The Hall–Kier alpha value is -3.29. The van der Waals surface area contributed by atoms with Crippen LogP contribution in [0.2, 0.25) is 0 Å². The molecule has 3 aromatic rings. The van der Waals surface area contributed by atoms with Crippen LogP contribution in [0.5, 0.6) is 0 Å². The normalized spacial score (nSPS) is 9.84. The molecule has 0 saturated carbocycles. The molecule has 0 amide bonds. The van der Waals surface area contributed by atoms with Gasteiger partial charge in [-0.2, -0.15) is 5.26 Å². The van der Waals surface area contributed by atoms with Crippen LogP contribution in [0, 0.1) is 43.9 Å². The summed E-state index contributed by atoms with van der Waals surface area (Å²) in [7, 11) is 0. The van der Waals surface area contributed by atoms with Crippen LogP contribution in [0.1, 0.15) is 33.4 Å². The van der Waals surface area contributed by atoms with Crippen LogP contribution in [0.4, 0.5) is 0 Å². The van der Waals surface area contributed by atoms with Gasteiger partial charge in [0.1, 0.15) is 0 Å². The first-order valence-corrected chi connectivity index (χ1v) is 8.27. The first-order chi connectivity index (χ1) is 12.1. The van der Waals surface area contributed by atoms with Crippen molar-refractivity contribution in [2.75, 3.05) is 0 Å². The summed E-state index contributed by atoms with van der Waals surface area (Å²) < 4.78 is 0. The van der Waals surface area contributed by atoms with Crippen molar-refractivity contribution in [1.29, 1.82) is 5.26 Å². The molecule has 0 aromatic heterocycles. The molecule has 0 bridgehead atoms. The second-order valence-electron chi connectivity index (χ2n) is 6.29. The van der Waals surface area contributed by atoms with Gasteiger partial charge in [0.25, 0.3) is 0 Å². The number of benzene rings is 3. The molecule has 0 heterocycles. The topological polar surface area (TPSA) is 23.8 Å². The minimum absolute atomic E-state index is 0.724. The van der Waals surface area contributed by atoms with Gasteiger partial charge in [0.15, 0.2) is 0 Å². The average Bonchev–Trinajstić information content (AvgIpc) is 2.61. The fraction of sp³-hybridized carbons (Fsp3) is 0.125. The Labute approximate surface area is 149 Å². The van der Waals surface area contributed by atoms with E-state index in [4.69, 9.17) is 5.26 Å². The largest absolute Gasteiger partial charge is 0.192 e. The summed E-state index contributed by atoms with van der Waals surface area (Å²) in [6.45, 7) is 6.14. The Balaban J connectivity index is 1.90. The molecule has 25 heavy (non-hydrogen) atoms. The zero-order valence-electron chi connectivity index (χ0n) is 14.7. The molecule has 0 unspecified atom stereocenters. The SMILES string of the molecule is Cc1ccc(C#Cc2ccc(-c3ccc(C#N)c(C)c3)c(C)c2)cc1. The summed E-state index contributed by atoms with van der Waals surface area (Å²) in [5.41, 5.74) is 8.48. The molecule has 3 aromatic carbocycles. The van der Waals surface area contributed by atoms with Crippen molar-refractivity contribution in [1.82, 2.24) is 0 Å². The quantitative estimate of drug-likeness (QED) is 0.539. The molecular formula is C24H19N. The Morgan fingerprint density at radius 1 is 0.680 bits per heavy atom. The van der Waals surface area contributed by atoms with Gasteiger partial charge in [-0.15, -0.1) is 0 Å². The number of nitrogens with zero attached hydrogens (tertiary/aromatic N) is 1. The van der Waals surface area contributed by atoms with E-state index in [1.165, 1.54) is 16.7 Å². The summed E-state index contributed by atoms with van der Waals surface area (Å²) in [5, 5.41) is 9.07. The van der Waals surface area contributed by atoms with E-state index in [1.807, 2.05) is 31.2 Å². The molecule has 0 aliphatic carbocycles. The van der Waals surface area contributed by atoms with E-state index in [9.17, 15) is 0 Å². The highest BCUT2D eigenvalue weighted by Gasteiger charge is 2.05. The van der Waals surface area contributed by atoms with Gasteiger partial charge < -0.3 is 0 Å². The van der Waals surface area contributed by atoms with Crippen LogP contribution in [-0.4, -0.2) is 0 Å². The van der Waals surface area contributed by atoms with Crippen molar-refractivity contribution < 1.29 is 0 Å². The Morgan fingerprint density at radius 3 is 2.00 bits per heavy atom. The van der Waals surface area contributed by atoms with Crippen molar-refractivity contribution in [2.45, 2.75) is 20.8 Å². The van der Waals surface area contributed by atoms with E-state index in [2.05, 4.69) is 68.2 Å². The Kier molecular flexibility index (Phi) is 4.69. The first-order valence-electron chi connectivity index (χ1n) is 8.27. The monoisotopic (exact) mass is 321 g/mol. The third-order valence-electron chi connectivity index (χ3n) is 4.29. The second-order valence-corrected chi connectivity index (χ2v) is 6.29. The maximum atomic E-state index is 9.07. The summed E-state index contributed by atoms with van der Waals surface area (Å²) in [5.74, 6) is 6.45. The molecule has 120 valence electrons. The number of aryl methyl sites for hydroxylation is 3. The lowest BCUT2D eigenvalue weighted by Crippen LogP contribution is -1.88. The van der Waals surface area contributed by atoms with Crippen LogP contribution in [-0.2, 0) is 0 Å². The van der Waals surface area contributed by atoms with Crippen molar-refractivity contribution in [3.05, 3.63) is 94.0 Å². The lowest BCUT2D eigenvalue weighted by Gasteiger charge is -2.08. The predicted molar refractivity (Wildman–Crippen MR) is 103 cm³/mol. The fourth-order valence-corrected chi connectivity index (χ4v) is 2.80. The van der Waals surface area contributed by atoms with Crippen LogP contribution in [0.25, 0.3) is 11.1 Å². The summed E-state index contributed by atoms with van der Waals surface area (Å²) in [4.78, 5) is 0. The van der Waals surface area contributed by atoms with Crippen LogP contribution >= 0.6 is 0 Å². The molecule has 0 aliphatic heterocycles. The van der Waals surface area contributed by atoms with Crippen LogP contribution in [0.3, 0.4) is 0 Å². The molecule has 1 nitrogen and oxygen atoms in total. The Morgan fingerprint density at radius 2 is 1.36 bits per heavy atom. The standard InChI is InChI=1S/C24H19N/c1-17-4-6-20(7-5-17)8-9-21-10-13-24(19(3)14-21)22-11-12-23(16-25)18(2)15-22/h4-7,10-15H,1-3H3. The van der Waals surface area contributed by atoms with E-state index in [0.717, 1.165) is 27.8 Å². The zero-order chi connectivity index (χ0) is 17.8. The first kappa shape index (κ1) is 16.6. The van der Waals surface area contributed by atoms with E-state index < -0.39 is 0 Å². The van der Waals surface area contributed by atoms with E-state index in [0.29, 0.717) is 0 Å². The second kappa shape index (κ2) is 7.08. The summed E-state index contributed by atoms with van der Waals surface area (Å²) in [6, 6.07) is 22.7. The third-order valence-corrected chi connectivity index (χ3v) is 4.29. The molecular weight excluding hydrogens is 302 g/mol. The van der Waals surface area contributed by atoms with Gasteiger partial charge >= 0.3 is 0 Å². The molecule has 3 rings (SSSR count). The van der Waals surface area contributed by atoms with Gasteiger partial charge in [-0.05, 0) is 73.4 Å². The molecule has 0 fully saturated rings. The van der Waals surface area contributed by atoms with Crippen LogP contribution < -0.4 is 0 Å². The van der Waals surface area contributed by atoms with Gasteiger partial charge in [-0.25, -0.2) is 0 Å². The van der Waals surface area contributed by atoms with E-state index in [-0.39, 0.29) is 0 Å². The Bertz CT molecular complexity index is 1020. The fourth-order valence-electron chi connectivity index (χ4n) is 2.80. The lowest BCUT2D eigenvalue weighted by molar-refractivity contribution is 1.38. The van der Waals surface area contributed by atoms with E-state index in [1.54, 1.807) is 0 Å². The van der Waals surface area contributed by atoms with Crippen molar-refractivity contribution >= 4 is 0 Å². The van der Waals surface area contributed by atoms with E-state index >= 15 is 0 Å².